The summed E-state index contributed by atoms with van der Waals surface area (Å²) in [5, 5.41) is 3.27. The second kappa shape index (κ2) is 9.78. The molecule has 9 heteroatoms. The van der Waals surface area contributed by atoms with Crippen LogP contribution >= 0.6 is 11.6 Å². The second-order valence-electron chi connectivity index (χ2n) is 6.90. The minimum atomic E-state index is -0.629. The topological polar surface area (TPSA) is 86.3 Å². The zero-order chi connectivity index (χ0) is 22.5. The summed E-state index contributed by atoms with van der Waals surface area (Å²) >= 11 is 6.07. The summed E-state index contributed by atoms with van der Waals surface area (Å²) in [6.07, 6.45) is 1.26. The molecule has 1 aliphatic rings. The van der Waals surface area contributed by atoms with Crippen LogP contribution in [0.1, 0.15) is 23.2 Å². The lowest BCUT2D eigenvalue weighted by molar-refractivity contribution is -0.119. The molecular weight excluding hydrogens is 424 g/mol. The molecule has 3 rings (SSSR count). The van der Waals surface area contributed by atoms with E-state index in [-0.39, 0.29) is 11.8 Å². The van der Waals surface area contributed by atoms with Crippen LogP contribution < -0.4 is 24.3 Å². The molecule has 0 aromatic heterocycles. The molecule has 1 heterocycles. The van der Waals surface area contributed by atoms with Crippen molar-refractivity contribution in [1.82, 2.24) is 4.90 Å². The first kappa shape index (κ1) is 22.6. The Morgan fingerprint density at radius 1 is 0.968 bits per heavy atom. The number of hydrogen-bond acceptors (Lipinski definition) is 6. The standard InChI is InChI=1S/C22H25ClN2O6/c1-28-17-8-7-13(23)10-15(17)22(27)25-9-5-6-16(25)21(26)24-14-11-18(29-2)20(31-4)19(12-14)30-3/h7-8,10-12,16H,5-6,9H2,1-4H3,(H,24,26). The number of halogens is 1. The molecule has 8 nitrogen and oxygen atoms in total. The molecule has 0 spiro atoms. The third-order valence-electron chi connectivity index (χ3n) is 5.14. The van der Waals surface area contributed by atoms with Gasteiger partial charge in [-0.3, -0.25) is 9.59 Å². The van der Waals surface area contributed by atoms with Crippen molar-refractivity contribution in [2.75, 3.05) is 40.3 Å². The molecule has 0 saturated carbocycles. The lowest BCUT2D eigenvalue weighted by Crippen LogP contribution is -2.43. The van der Waals surface area contributed by atoms with Gasteiger partial charge in [0, 0.05) is 29.4 Å². The fourth-order valence-electron chi connectivity index (χ4n) is 3.66. The Bertz CT molecular complexity index is 955. The SMILES string of the molecule is COc1ccc(Cl)cc1C(=O)N1CCCC1C(=O)Nc1cc(OC)c(OC)c(OC)c1. The Balaban J connectivity index is 1.84. The van der Waals surface area contributed by atoms with Gasteiger partial charge in [-0.1, -0.05) is 11.6 Å². The number of anilines is 1. The van der Waals surface area contributed by atoms with Crippen molar-refractivity contribution in [2.45, 2.75) is 18.9 Å². The van der Waals surface area contributed by atoms with Crippen LogP contribution in [-0.2, 0) is 4.79 Å². The maximum atomic E-state index is 13.2. The molecule has 2 aromatic rings. The number of carbonyl (C=O) groups excluding carboxylic acids is 2. The van der Waals surface area contributed by atoms with Crippen molar-refractivity contribution in [3.63, 3.8) is 0 Å². The maximum absolute atomic E-state index is 13.2. The lowest BCUT2D eigenvalue weighted by Gasteiger charge is -2.25. The fraction of sp³-hybridized carbons (Fsp3) is 0.364. The minimum Gasteiger partial charge on any atom is -0.496 e. The molecule has 2 amide bonds. The summed E-state index contributed by atoms with van der Waals surface area (Å²) in [5.41, 5.74) is 0.793. The number of ether oxygens (including phenoxy) is 4. The van der Waals surface area contributed by atoms with Crippen LogP contribution in [0.3, 0.4) is 0 Å². The predicted octanol–water partition coefficient (Wildman–Crippen LogP) is 3.62. The second-order valence-corrected chi connectivity index (χ2v) is 7.34. The molecule has 0 bridgehead atoms. The van der Waals surface area contributed by atoms with Crippen LogP contribution in [0.2, 0.25) is 5.02 Å². The van der Waals surface area contributed by atoms with Crippen molar-refractivity contribution < 1.29 is 28.5 Å². The van der Waals surface area contributed by atoms with Crippen LogP contribution in [0.5, 0.6) is 23.0 Å². The lowest BCUT2D eigenvalue weighted by atomic mass is 10.1. The zero-order valence-corrected chi connectivity index (χ0v) is 18.6. The number of carbonyl (C=O) groups is 2. The number of nitrogens with zero attached hydrogens (tertiary/aromatic N) is 1. The number of benzene rings is 2. The van der Waals surface area contributed by atoms with Gasteiger partial charge in [-0.05, 0) is 31.0 Å². The molecule has 0 radical (unpaired) electrons. The summed E-state index contributed by atoms with van der Waals surface area (Å²) in [7, 11) is 5.99. The summed E-state index contributed by atoms with van der Waals surface area (Å²) in [6.45, 7) is 0.460. The molecular formula is C22H25ClN2O6. The average molecular weight is 449 g/mol. The van der Waals surface area contributed by atoms with Gasteiger partial charge in [0.1, 0.15) is 11.8 Å². The zero-order valence-electron chi connectivity index (χ0n) is 17.9. The molecule has 0 aliphatic carbocycles. The van der Waals surface area contributed by atoms with Gasteiger partial charge in [0.05, 0.1) is 34.0 Å². The van der Waals surface area contributed by atoms with E-state index < -0.39 is 6.04 Å². The van der Waals surface area contributed by atoms with E-state index in [9.17, 15) is 9.59 Å². The highest BCUT2D eigenvalue weighted by Gasteiger charge is 2.36. The van der Waals surface area contributed by atoms with E-state index in [1.165, 1.54) is 28.4 Å². The average Bonchev–Trinajstić information content (AvgIpc) is 3.27. The molecule has 1 atom stereocenters. The highest BCUT2D eigenvalue weighted by atomic mass is 35.5. The minimum absolute atomic E-state index is 0.304. The number of rotatable bonds is 7. The van der Waals surface area contributed by atoms with Crippen molar-refractivity contribution in [1.29, 1.82) is 0 Å². The van der Waals surface area contributed by atoms with Crippen LogP contribution in [-0.4, -0.2) is 57.7 Å². The van der Waals surface area contributed by atoms with Gasteiger partial charge in [-0.25, -0.2) is 0 Å². The Hall–Kier alpha value is -3.13. The molecule has 1 N–H and O–H groups in total. The predicted molar refractivity (Wildman–Crippen MR) is 117 cm³/mol. The van der Waals surface area contributed by atoms with E-state index in [1.807, 2.05) is 0 Å². The highest BCUT2D eigenvalue weighted by molar-refractivity contribution is 6.31. The third-order valence-corrected chi connectivity index (χ3v) is 5.38. The number of hydrogen-bond donors (Lipinski definition) is 1. The molecule has 1 fully saturated rings. The first-order valence-electron chi connectivity index (χ1n) is 9.68. The van der Waals surface area contributed by atoms with Gasteiger partial charge in [0.15, 0.2) is 11.5 Å². The molecule has 1 aliphatic heterocycles. The van der Waals surface area contributed by atoms with Crippen molar-refractivity contribution in [2.24, 2.45) is 0 Å². The van der Waals surface area contributed by atoms with Gasteiger partial charge in [-0.15, -0.1) is 0 Å². The Kier molecular flexibility index (Phi) is 7.12. The molecule has 1 saturated heterocycles. The van der Waals surface area contributed by atoms with Gasteiger partial charge in [0.2, 0.25) is 11.7 Å². The summed E-state index contributed by atoms with van der Waals surface area (Å²) in [5.74, 6) is 1.06. The van der Waals surface area contributed by atoms with Crippen LogP contribution in [0, 0.1) is 0 Å². The van der Waals surface area contributed by atoms with Gasteiger partial charge < -0.3 is 29.2 Å². The Morgan fingerprint density at radius 3 is 2.19 bits per heavy atom. The Labute approximate surface area is 186 Å². The van der Waals surface area contributed by atoms with E-state index in [1.54, 1.807) is 35.2 Å². The van der Waals surface area contributed by atoms with Crippen LogP contribution in [0.25, 0.3) is 0 Å². The highest BCUT2D eigenvalue weighted by Crippen LogP contribution is 2.40. The van der Waals surface area contributed by atoms with Crippen molar-refractivity contribution >= 4 is 29.1 Å². The van der Waals surface area contributed by atoms with E-state index in [4.69, 9.17) is 30.5 Å². The smallest absolute Gasteiger partial charge is 0.258 e. The largest absolute Gasteiger partial charge is 0.496 e. The third kappa shape index (κ3) is 4.64. The summed E-state index contributed by atoms with van der Waals surface area (Å²) < 4.78 is 21.3. The number of amides is 2. The normalized spacial score (nSPS) is 15.4. The molecule has 1 unspecified atom stereocenters. The molecule has 166 valence electrons. The van der Waals surface area contributed by atoms with E-state index >= 15 is 0 Å². The van der Waals surface area contributed by atoms with Gasteiger partial charge in [-0.2, -0.15) is 0 Å². The molecule has 31 heavy (non-hydrogen) atoms. The fourth-order valence-corrected chi connectivity index (χ4v) is 3.84. The number of nitrogens with one attached hydrogen (secondary N) is 1. The monoisotopic (exact) mass is 448 g/mol. The van der Waals surface area contributed by atoms with Crippen molar-refractivity contribution in [3.05, 3.63) is 40.9 Å². The Morgan fingerprint density at radius 2 is 1.61 bits per heavy atom. The first-order chi connectivity index (χ1) is 14.9. The van der Waals surface area contributed by atoms with E-state index in [0.29, 0.717) is 58.7 Å². The van der Waals surface area contributed by atoms with Gasteiger partial charge >= 0.3 is 0 Å². The van der Waals surface area contributed by atoms with E-state index in [0.717, 1.165) is 0 Å². The summed E-state index contributed by atoms with van der Waals surface area (Å²) in [6, 6.07) is 7.48. The summed E-state index contributed by atoms with van der Waals surface area (Å²) in [4.78, 5) is 27.8. The molecule has 2 aromatic carbocycles. The number of likely N-dealkylation sites (tertiary alicyclic amines) is 1. The maximum Gasteiger partial charge on any atom is 0.258 e. The van der Waals surface area contributed by atoms with E-state index in [2.05, 4.69) is 5.32 Å². The first-order valence-corrected chi connectivity index (χ1v) is 10.1. The number of methoxy groups -OCH3 is 4. The van der Waals surface area contributed by atoms with Gasteiger partial charge in [0.25, 0.3) is 5.91 Å². The van der Waals surface area contributed by atoms with Crippen LogP contribution in [0.15, 0.2) is 30.3 Å². The van der Waals surface area contributed by atoms with Crippen LogP contribution in [0.4, 0.5) is 5.69 Å². The van der Waals surface area contributed by atoms with Crippen molar-refractivity contribution in [3.8, 4) is 23.0 Å². The quantitative estimate of drug-likeness (QED) is 0.696.